The number of Topliss-reactive ketones (excluding diaryl/α,β-unsaturated/α-hetero) is 1. The molecule has 0 unspecified atom stereocenters. The van der Waals surface area contributed by atoms with Gasteiger partial charge in [-0.15, -0.1) is 0 Å². The molecule has 0 fully saturated rings. The normalized spacial score (nSPS) is 11.6. The molecule has 0 aliphatic rings. The highest BCUT2D eigenvalue weighted by Crippen LogP contribution is 2.16. The highest BCUT2D eigenvalue weighted by atomic mass is 19.1. The lowest BCUT2D eigenvalue weighted by Crippen LogP contribution is -2.36. The minimum atomic E-state index is -0.933. The van der Waals surface area contributed by atoms with Crippen LogP contribution < -0.4 is 0 Å². The summed E-state index contributed by atoms with van der Waals surface area (Å²) in [5.74, 6) is -1.56. The van der Waals surface area contributed by atoms with Crippen molar-refractivity contribution < 1.29 is 18.3 Å². The van der Waals surface area contributed by atoms with E-state index in [0.717, 1.165) is 18.2 Å². The Bertz CT molecular complexity index is 394. The van der Waals surface area contributed by atoms with Crippen molar-refractivity contribution in [1.29, 1.82) is 0 Å². The molecule has 94 valence electrons. The molecule has 17 heavy (non-hydrogen) atoms. The lowest BCUT2D eigenvalue weighted by atomic mass is 9.96. The van der Waals surface area contributed by atoms with Crippen LogP contribution in [-0.2, 0) is 16.0 Å². The lowest BCUT2D eigenvalue weighted by molar-refractivity contribution is -0.139. The molecule has 0 radical (unpaired) electrons. The Labute approximate surface area is 99.6 Å². The minimum Gasteiger partial charge on any atom is -0.368 e. The predicted octanol–water partition coefficient (Wildman–Crippen LogP) is 2.89. The van der Waals surface area contributed by atoms with Crippen molar-refractivity contribution in [2.75, 3.05) is 6.61 Å². The van der Waals surface area contributed by atoms with E-state index in [4.69, 9.17) is 4.74 Å². The minimum absolute atomic E-state index is 0.0400. The third-order valence-electron chi connectivity index (χ3n) is 2.46. The smallest absolute Gasteiger partial charge is 0.168 e. The van der Waals surface area contributed by atoms with E-state index in [1.165, 1.54) is 0 Å². The molecule has 1 aromatic rings. The third kappa shape index (κ3) is 3.89. The monoisotopic (exact) mass is 242 g/mol. The van der Waals surface area contributed by atoms with E-state index in [2.05, 4.69) is 0 Å². The zero-order valence-corrected chi connectivity index (χ0v) is 10.2. The number of carbonyl (C=O) groups is 1. The molecule has 0 saturated carbocycles. The standard InChI is InChI=1S/C13H16F2O2/c1-4-17-13(2,3)12(16)7-9-5-10(14)8-11(15)6-9/h5-6,8H,4,7H2,1-3H3. The lowest BCUT2D eigenvalue weighted by Gasteiger charge is -2.23. The number of hydrogen-bond donors (Lipinski definition) is 0. The fraction of sp³-hybridized carbons (Fsp3) is 0.462. The van der Waals surface area contributed by atoms with Crippen LogP contribution in [0.1, 0.15) is 26.3 Å². The Morgan fingerprint density at radius 3 is 2.24 bits per heavy atom. The van der Waals surface area contributed by atoms with Crippen LogP contribution in [0.4, 0.5) is 8.78 Å². The third-order valence-corrected chi connectivity index (χ3v) is 2.46. The largest absolute Gasteiger partial charge is 0.368 e. The molecular formula is C13H16F2O2. The fourth-order valence-corrected chi connectivity index (χ4v) is 1.55. The van der Waals surface area contributed by atoms with Crippen molar-refractivity contribution in [2.45, 2.75) is 32.8 Å². The van der Waals surface area contributed by atoms with E-state index < -0.39 is 17.2 Å². The van der Waals surface area contributed by atoms with Gasteiger partial charge in [0.1, 0.15) is 17.2 Å². The van der Waals surface area contributed by atoms with Gasteiger partial charge in [-0.05, 0) is 38.5 Å². The van der Waals surface area contributed by atoms with E-state index >= 15 is 0 Å². The summed E-state index contributed by atoms with van der Waals surface area (Å²) < 4.78 is 31.2. The van der Waals surface area contributed by atoms with Crippen molar-refractivity contribution in [3.8, 4) is 0 Å². The van der Waals surface area contributed by atoms with Crippen molar-refractivity contribution in [1.82, 2.24) is 0 Å². The van der Waals surface area contributed by atoms with Crippen molar-refractivity contribution in [2.24, 2.45) is 0 Å². The van der Waals surface area contributed by atoms with E-state index in [9.17, 15) is 13.6 Å². The van der Waals surface area contributed by atoms with E-state index in [1.54, 1.807) is 20.8 Å². The van der Waals surface area contributed by atoms with E-state index in [0.29, 0.717) is 12.2 Å². The molecule has 1 rings (SSSR count). The van der Waals surface area contributed by atoms with Gasteiger partial charge in [-0.2, -0.15) is 0 Å². The van der Waals surface area contributed by atoms with Crippen LogP contribution in [0.3, 0.4) is 0 Å². The first-order valence-electron chi connectivity index (χ1n) is 5.47. The van der Waals surface area contributed by atoms with E-state index in [1.807, 2.05) is 0 Å². The Balaban J connectivity index is 2.80. The Morgan fingerprint density at radius 1 is 1.24 bits per heavy atom. The summed E-state index contributed by atoms with van der Waals surface area (Å²) in [6, 6.07) is 3.09. The molecule has 2 nitrogen and oxygen atoms in total. The number of hydrogen-bond acceptors (Lipinski definition) is 2. The molecule has 0 amide bonds. The molecule has 0 bridgehead atoms. The Kier molecular flexibility index (Phi) is 4.34. The van der Waals surface area contributed by atoms with Gasteiger partial charge >= 0.3 is 0 Å². The summed E-state index contributed by atoms with van der Waals surface area (Å²) in [6.07, 6.45) is -0.0400. The number of ketones is 1. The Hall–Kier alpha value is -1.29. The first-order valence-corrected chi connectivity index (χ1v) is 5.47. The van der Waals surface area contributed by atoms with Crippen molar-refractivity contribution in [3.05, 3.63) is 35.4 Å². The maximum absolute atomic E-state index is 12.9. The van der Waals surface area contributed by atoms with E-state index in [-0.39, 0.29) is 12.2 Å². The van der Waals surface area contributed by atoms with Crippen molar-refractivity contribution in [3.63, 3.8) is 0 Å². The topological polar surface area (TPSA) is 26.3 Å². The highest BCUT2D eigenvalue weighted by molar-refractivity contribution is 5.88. The molecule has 0 N–H and O–H groups in total. The highest BCUT2D eigenvalue weighted by Gasteiger charge is 2.27. The van der Waals surface area contributed by atoms with Crippen LogP contribution in [0.25, 0.3) is 0 Å². The van der Waals surface area contributed by atoms with Gasteiger partial charge in [-0.3, -0.25) is 4.79 Å². The van der Waals surface area contributed by atoms with Gasteiger partial charge in [0.15, 0.2) is 5.78 Å². The molecule has 1 aromatic carbocycles. The molecule has 0 heterocycles. The molecule has 0 atom stereocenters. The zero-order valence-electron chi connectivity index (χ0n) is 10.2. The van der Waals surface area contributed by atoms with Crippen LogP contribution in [0.2, 0.25) is 0 Å². The number of rotatable bonds is 5. The summed E-state index contributed by atoms with van der Waals surface area (Å²) in [5, 5.41) is 0. The van der Waals surface area contributed by atoms with Gasteiger partial charge in [0, 0.05) is 19.1 Å². The van der Waals surface area contributed by atoms with Crippen LogP contribution in [0.5, 0.6) is 0 Å². The molecular weight excluding hydrogens is 226 g/mol. The average Bonchev–Trinajstić information content (AvgIpc) is 2.15. The average molecular weight is 242 g/mol. The molecule has 0 saturated heterocycles. The van der Waals surface area contributed by atoms with Crippen LogP contribution >= 0.6 is 0 Å². The number of halogens is 2. The summed E-state index contributed by atoms with van der Waals surface area (Å²) in [6.45, 7) is 5.50. The molecule has 0 aliphatic carbocycles. The zero-order chi connectivity index (χ0) is 13.1. The van der Waals surface area contributed by atoms with Crippen LogP contribution in [0, 0.1) is 11.6 Å². The second-order valence-electron chi connectivity index (χ2n) is 4.32. The maximum Gasteiger partial charge on any atom is 0.168 e. The number of ether oxygens (including phenoxy) is 1. The number of benzene rings is 1. The van der Waals surface area contributed by atoms with Gasteiger partial charge < -0.3 is 4.74 Å². The first kappa shape index (κ1) is 13.8. The molecule has 4 heteroatoms. The Morgan fingerprint density at radius 2 is 1.76 bits per heavy atom. The second kappa shape index (κ2) is 5.36. The van der Waals surface area contributed by atoms with Gasteiger partial charge in [0.2, 0.25) is 0 Å². The van der Waals surface area contributed by atoms with Gasteiger partial charge in [-0.25, -0.2) is 8.78 Å². The van der Waals surface area contributed by atoms with Gasteiger partial charge in [-0.1, -0.05) is 0 Å². The molecule has 0 spiro atoms. The fourth-order valence-electron chi connectivity index (χ4n) is 1.55. The van der Waals surface area contributed by atoms with Crippen LogP contribution in [0.15, 0.2) is 18.2 Å². The SMILES string of the molecule is CCOC(C)(C)C(=O)Cc1cc(F)cc(F)c1. The predicted molar refractivity (Wildman–Crippen MR) is 60.8 cm³/mol. The second-order valence-corrected chi connectivity index (χ2v) is 4.32. The molecule has 0 aromatic heterocycles. The maximum atomic E-state index is 12.9. The summed E-state index contributed by atoms with van der Waals surface area (Å²) in [4.78, 5) is 11.9. The number of carbonyl (C=O) groups excluding carboxylic acids is 1. The van der Waals surface area contributed by atoms with Gasteiger partial charge in [0.25, 0.3) is 0 Å². The summed E-state index contributed by atoms with van der Waals surface area (Å²) >= 11 is 0. The molecule has 0 aliphatic heterocycles. The van der Waals surface area contributed by atoms with Crippen molar-refractivity contribution >= 4 is 5.78 Å². The summed E-state index contributed by atoms with van der Waals surface area (Å²) in [5.41, 5.74) is -0.613. The quantitative estimate of drug-likeness (QED) is 0.793. The first-order chi connectivity index (χ1) is 7.85. The van der Waals surface area contributed by atoms with Gasteiger partial charge in [0.05, 0.1) is 0 Å². The summed E-state index contributed by atoms with van der Waals surface area (Å²) in [7, 11) is 0. The van der Waals surface area contributed by atoms with Crippen LogP contribution in [-0.4, -0.2) is 18.0 Å².